The van der Waals surface area contributed by atoms with Crippen molar-refractivity contribution in [3.05, 3.63) is 11.6 Å². The Balaban J connectivity index is 1.23. The SMILES string of the molecule is CC[C@H](CC[C@@H](C)[C@H]1CC[C@H]2[C@@H]3CC=C4C[C@@H](SSCCC(=O)N(CCCCCCCC(C)NC(=O)OC(C)(C)C)CCC(C)NC(=O)OC(C)(C)C)CC[C@]4(C)[C@H]3CC[C@]12C)C(C)C. The van der Waals surface area contributed by atoms with E-state index in [1.807, 2.05) is 81.9 Å². The van der Waals surface area contributed by atoms with E-state index in [0.29, 0.717) is 35.5 Å². The predicted octanol–water partition coefficient (Wildman–Crippen LogP) is 15.2. The zero-order valence-corrected chi connectivity index (χ0v) is 45.8. The van der Waals surface area contributed by atoms with Gasteiger partial charge in [-0.05, 0) is 185 Å². The van der Waals surface area contributed by atoms with Crippen LogP contribution in [0.15, 0.2) is 11.6 Å². The van der Waals surface area contributed by atoms with E-state index in [0.717, 1.165) is 92.2 Å². The molecule has 3 saturated carbocycles. The van der Waals surface area contributed by atoms with Crippen LogP contribution in [0, 0.1) is 52.3 Å². The Morgan fingerprint density at radius 2 is 1.40 bits per heavy atom. The number of hydrogen-bond donors (Lipinski definition) is 2. The molecule has 0 aromatic heterocycles. The molecule has 3 amide bonds. The number of ether oxygens (including phenoxy) is 2. The van der Waals surface area contributed by atoms with Crippen LogP contribution in [0.5, 0.6) is 0 Å². The first kappa shape index (κ1) is 56.0. The molecule has 2 N–H and O–H groups in total. The van der Waals surface area contributed by atoms with Crippen molar-refractivity contribution in [2.75, 3.05) is 18.8 Å². The minimum absolute atomic E-state index is 0.0710. The van der Waals surface area contributed by atoms with E-state index in [1.165, 1.54) is 70.6 Å². The van der Waals surface area contributed by atoms with Crippen LogP contribution < -0.4 is 10.6 Å². The number of unbranched alkanes of at least 4 members (excludes halogenated alkanes) is 4. The number of alkyl carbamates (subject to hydrolysis) is 2. The van der Waals surface area contributed by atoms with Gasteiger partial charge in [0.05, 0.1) is 0 Å². The fourth-order valence-corrected chi connectivity index (χ4v) is 15.6. The molecule has 376 valence electrons. The molecule has 0 spiro atoms. The molecule has 0 aromatic rings. The minimum Gasteiger partial charge on any atom is -0.444 e. The van der Waals surface area contributed by atoms with Gasteiger partial charge < -0.3 is 25.0 Å². The van der Waals surface area contributed by atoms with Crippen LogP contribution in [0.1, 0.15) is 219 Å². The predicted molar refractivity (Wildman–Crippen MR) is 277 cm³/mol. The summed E-state index contributed by atoms with van der Waals surface area (Å²) in [7, 11) is 3.95. The van der Waals surface area contributed by atoms with Crippen molar-refractivity contribution in [2.24, 2.45) is 52.3 Å². The molecule has 4 rings (SSSR count). The van der Waals surface area contributed by atoms with E-state index in [1.54, 1.807) is 5.57 Å². The number of fused-ring (bicyclic) bond motifs is 5. The first-order chi connectivity index (χ1) is 30.5. The number of allylic oxidation sites excluding steroid dienone is 2. The molecule has 4 aliphatic rings. The fraction of sp³-hybridized carbons (Fsp3) is 0.909. The van der Waals surface area contributed by atoms with Gasteiger partial charge in [0.25, 0.3) is 0 Å². The molecular weight excluding hydrogens is 847 g/mol. The van der Waals surface area contributed by atoms with Gasteiger partial charge in [-0.15, -0.1) is 0 Å². The second-order valence-corrected chi connectivity index (χ2v) is 27.1. The zero-order chi connectivity index (χ0) is 48.2. The molecule has 0 aliphatic heterocycles. The third-order valence-electron chi connectivity index (χ3n) is 16.7. The van der Waals surface area contributed by atoms with Gasteiger partial charge in [-0.25, -0.2) is 9.59 Å². The van der Waals surface area contributed by atoms with Crippen molar-refractivity contribution in [3.63, 3.8) is 0 Å². The highest BCUT2D eigenvalue weighted by atomic mass is 33.1. The van der Waals surface area contributed by atoms with Crippen LogP contribution in [0.4, 0.5) is 9.59 Å². The highest BCUT2D eigenvalue weighted by molar-refractivity contribution is 8.76. The van der Waals surface area contributed by atoms with Gasteiger partial charge in [0.2, 0.25) is 5.91 Å². The number of amides is 3. The van der Waals surface area contributed by atoms with Crippen molar-refractivity contribution in [1.82, 2.24) is 15.5 Å². The maximum Gasteiger partial charge on any atom is 0.407 e. The molecule has 0 radical (unpaired) electrons. The molecular formula is C55H99N3O5S2. The Morgan fingerprint density at radius 3 is 2.03 bits per heavy atom. The lowest BCUT2D eigenvalue weighted by atomic mass is 9.47. The molecule has 11 atom stereocenters. The van der Waals surface area contributed by atoms with E-state index in [-0.39, 0.29) is 24.1 Å². The summed E-state index contributed by atoms with van der Waals surface area (Å²) in [4.78, 5) is 40.4. The molecule has 65 heavy (non-hydrogen) atoms. The number of hydrogen-bond acceptors (Lipinski definition) is 7. The third kappa shape index (κ3) is 17.1. The number of carbonyl (C=O) groups excluding carboxylic acids is 3. The third-order valence-corrected chi connectivity index (χ3v) is 19.6. The average Bonchev–Trinajstić information content (AvgIpc) is 3.56. The van der Waals surface area contributed by atoms with Gasteiger partial charge in [-0.1, -0.05) is 113 Å². The lowest BCUT2D eigenvalue weighted by Crippen LogP contribution is -2.50. The van der Waals surface area contributed by atoms with Crippen LogP contribution in [0.3, 0.4) is 0 Å². The maximum absolute atomic E-state index is 13.8. The summed E-state index contributed by atoms with van der Waals surface area (Å²) in [5.41, 5.74) is 1.60. The maximum atomic E-state index is 13.8. The Kier molecular flexibility index (Phi) is 21.9. The van der Waals surface area contributed by atoms with Crippen molar-refractivity contribution in [1.29, 1.82) is 0 Å². The number of carbonyl (C=O) groups is 3. The Hall–Kier alpha value is -1.55. The quantitative estimate of drug-likeness (QED) is 0.0565. The lowest BCUT2D eigenvalue weighted by molar-refractivity contribution is -0.131. The summed E-state index contributed by atoms with van der Waals surface area (Å²) < 4.78 is 10.9. The van der Waals surface area contributed by atoms with Crippen molar-refractivity contribution >= 4 is 39.7 Å². The molecule has 4 aliphatic carbocycles. The van der Waals surface area contributed by atoms with Crippen LogP contribution in [0.2, 0.25) is 0 Å². The summed E-state index contributed by atoms with van der Waals surface area (Å²) in [6.07, 6.45) is 24.4. The van der Waals surface area contributed by atoms with Crippen molar-refractivity contribution < 1.29 is 23.9 Å². The number of nitrogens with zero attached hydrogens (tertiary/aromatic N) is 1. The highest BCUT2D eigenvalue weighted by Crippen LogP contribution is 2.68. The molecule has 0 aromatic carbocycles. The van der Waals surface area contributed by atoms with Gasteiger partial charge in [0.15, 0.2) is 0 Å². The Labute approximate surface area is 407 Å². The minimum atomic E-state index is -0.552. The standard InChI is InChI=1S/C55H99N3O5S2/c1-15-42(38(2)3)23-22-39(4)46-26-27-47-45-25-24-43-37-44(28-32-54(43,13)48(45)29-33-55(46,47)14)65-64-36-31-49(59)58(35-30-41(6)57-51(61)63-53(10,11)12)34-20-18-16-17-19-21-40(5)56-50(60)62-52(7,8)9/h24,38-42,44-48H,15-23,25-37H2,1-14H3,(H,56,60)(H,57,61)/t39-,40?,41?,42-,44+,45+,46-,47+,48+,54+,55-/m1/s1. The first-order valence-corrected chi connectivity index (χ1v) is 29.1. The summed E-state index contributed by atoms with van der Waals surface area (Å²) in [5, 5.41) is 6.53. The van der Waals surface area contributed by atoms with Gasteiger partial charge in [0, 0.05) is 42.6 Å². The van der Waals surface area contributed by atoms with Crippen LogP contribution >= 0.6 is 21.6 Å². The van der Waals surface area contributed by atoms with E-state index in [2.05, 4.69) is 58.3 Å². The van der Waals surface area contributed by atoms with Crippen molar-refractivity contribution in [3.8, 4) is 0 Å². The molecule has 10 heteroatoms. The fourth-order valence-electron chi connectivity index (χ4n) is 13.0. The normalized spacial score (nSPS) is 28.5. The molecule has 3 fully saturated rings. The number of rotatable bonds is 24. The van der Waals surface area contributed by atoms with Gasteiger partial charge in [0.1, 0.15) is 11.2 Å². The summed E-state index contributed by atoms with van der Waals surface area (Å²) >= 11 is 0. The Bertz CT molecular complexity index is 1520. The van der Waals surface area contributed by atoms with E-state index >= 15 is 0 Å². The first-order valence-electron chi connectivity index (χ1n) is 26.7. The van der Waals surface area contributed by atoms with E-state index in [9.17, 15) is 14.4 Å². The second-order valence-electron chi connectivity index (χ2n) is 24.3. The summed E-state index contributed by atoms with van der Waals surface area (Å²) in [6, 6.07) is -0.0283. The van der Waals surface area contributed by atoms with Crippen LogP contribution in [0.25, 0.3) is 0 Å². The largest absolute Gasteiger partial charge is 0.444 e. The topological polar surface area (TPSA) is 97.0 Å². The van der Waals surface area contributed by atoms with Crippen molar-refractivity contribution in [2.45, 2.75) is 247 Å². The summed E-state index contributed by atoms with van der Waals surface area (Å²) in [6.45, 7) is 31.9. The Morgan fingerprint density at radius 1 is 0.769 bits per heavy atom. The van der Waals surface area contributed by atoms with Crippen LogP contribution in [-0.4, -0.2) is 70.4 Å². The number of nitrogens with one attached hydrogen (secondary N) is 2. The molecule has 2 unspecified atom stereocenters. The van der Waals surface area contributed by atoms with E-state index < -0.39 is 17.3 Å². The van der Waals surface area contributed by atoms with Gasteiger partial charge >= 0.3 is 12.2 Å². The second kappa shape index (κ2) is 25.3. The zero-order valence-electron chi connectivity index (χ0n) is 44.2. The van der Waals surface area contributed by atoms with Gasteiger partial charge in [-0.2, -0.15) is 0 Å². The smallest absolute Gasteiger partial charge is 0.407 e. The molecule has 0 heterocycles. The monoisotopic (exact) mass is 946 g/mol. The summed E-state index contributed by atoms with van der Waals surface area (Å²) in [5.74, 6) is 7.08. The van der Waals surface area contributed by atoms with E-state index in [4.69, 9.17) is 9.47 Å². The highest BCUT2D eigenvalue weighted by Gasteiger charge is 2.59. The lowest BCUT2D eigenvalue weighted by Gasteiger charge is -2.58. The molecule has 0 bridgehead atoms. The van der Waals surface area contributed by atoms with Crippen LogP contribution in [-0.2, 0) is 14.3 Å². The van der Waals surface area contributed by atoms with Gasteiger partial charge in [-0.3, -0.25) is 4.79 Å². The molecule has 8 nitrogen and oxygen atoms in total. The molecule has 0 saturated heterocycles. The average molecular weight is 947 g/mol.